The van der Waals surface area contributed by atoms with Crippen LogP contribution in [0.4, 0.5) is 17.8 Å². The maximum atomic E-state index is 5.36. The molecule has 0 radical (unpaired) electrons. The monoisotopic (exact) mass is 296 g/mol. The van der Waals surface area contributed by atoms with E-state index in [2.05, 4.69) is 30.5 Å². The molecule has 1 aromatic rings. The molecule has 0 unspecified atom stereocenters. The van der Waals surface area contributed by atoms with Crippen LogP contribution in [0.15, 0.2) is 0 Å². The molecule has 1 aliphatic rings. The molecule has 1 fully saturated rings. The van der Waals surface area contributed by atoms with Gasteiger partial charge in [0.15, 0.2) is 0 Å². The van der Waals surface area contributed by atoms with Crippen LogP contribution >= 0.6 is 0 Å². The van der Waals surface area contributed by atoms with Crippen LogP contribution in [-0.2, 0) is 9.47 Å². The van der Waals surface area contributed by atoms with Gasteiger partial charge < -0.3 is 25.0 Å². The number of rotatable bonds is 6. The second-order valence-corrected chi connectivity index (χ2v) is 5.57. The van der Waals surface area contributed by atoms with Gasteiger partial charge in [-0.2, -0.15) is 15.0 Å². The molecule has 0 saturated carbocycles. The number of anilines is 3. The highest BCUT2D eigenvalue weighted by atomic mass is 16.5. The summed E-state index contributed by atoms with van der Waals surface area (Å²) >= 11 is 0. The molecule has 0 bridgehead atoms. The first kappa shape index (κ1) is 15.7. The Balaban J connectivity index is 2.20. The Kier molecular flexibility index (Phi) is 5.13. The third-order valence-electron chi connectivity index (χ3n) is 3.10. The molecule has 1 aromatic heterocycles. The van der Waals surface area contributed by atoms with Gasteiger partial charge in [0, 0.05) is 27.2 Å². The van der Waals surface area contributed by atoms with Crippen molar-refractivity contribution in [2.24, 2.45) is 0 Å². The van der Waals surface area contributed by atoms with Crippen molar-refractivity contribution in [3.63, 3.8) is 0 Å². The predicted octanol–water partition coefficient (Wildman–Crippen LogP) is 0.587. The zero-order valence-corrected chi connectivity index (χ0v) is 13.1. The van der Waals surface area contributed by atoms with E-state index >= 15 is 0 Å². The van der Waals surface area contributed by atoms with Crippen LogP contribution in [0.3, 0.4) is 0 Å². The summed E-state index contributed by atoms with van der Waals surface area (Å²) in [5.41, 5.74) is -0.261. The summed E-state index contributed by atoms with van der Waals surface area (Å²) in [6.45, 7) is 7.58. The van der Waals surface area contributed by atoms with E-state index in [4.69, 9.17) is 9.47 Å². The molecule has 0 spiro atoms. The summed E-state index contributed by atoms with van der Waals surface area (Å²) in [6, 6.07) is 0. The number of ether oxygens (including phenoxy) is 2. The molecule has 8 heteroatoms. The van der Waals surface area contributed by atoms with Crippen molar-refractivity contribution >= 4 is 17.8 Å². The van der Waals surface area contributed by atoms with E-state index in [1.807, 2.05) is 13.8 Å². The lowest BCUT2D eigenvalue weighted by Crippen LogP contribution is -2.39. The van der Waals surface area contributed by atoms with Gasteiger partial charge in [-0.05, 0) is 13.8 Å². The Morgan fingerprint density at radius 2 is 1.86 bits per heavy atom. The van der Waals surface area contributed by atoms with Crippen molar-refractivity contribution in [2.45, 2.75) is 19.4 Å². The Morgan fingerprint density at radius 3 is 2.48 bits per heavy atom. The van der Waals surface area contributed by atoms with Crippen LogP contribution in [0.25, 0.3) is 0 Å². The number of nitrogens with zero attached hydrogens (tertiary/aromatic N) is 4. The summed E-state index contributed by atoms with van der Waals surface area (Å²) in [4.78, 5) is 15.4. The van der Waals surface area contributed by atoms with E-state index in [0.29, 0.717) is 37.7 Å². The summed E-state index contributed by atoms with van der Waals surface area (Å²) in [5.74, 6) is 1.74. The number of methoxy groups -OCH3 is 1. The number of hydrogen-bond donors (Lipinski definition) is 2. The average molecular weight is 296 g/mol. The highest BCUT2D eigenvalue weighted by Gasteiger charge is 2.21. The highest BCUT2D eigenvalue weighted by molar-refractivity contribution is 5.44. The summed E-state index contributed by atoms with van der Waals surface area (Å²) < 4.78 is 10.6. The number of morpholine rings is 1. The molecule has 1 saturated heterocycles. The minimum atomic E-state index is -0.261. The van der Waals surface area contributed by atoms with Gasteiger partial charge in [0.25, 0.3) is 0 Å². The van der Waals surface area contributed by atoms with Crippen LogP contribution in [0.1, 0.15) is 13.8 Å². The van der Waals surface area contributed by atoms with Crippen LogP contribution in [0.5, 0.6) is 0 Å². The van der Waals surface area contributed by atoms with Gasteiger partial charge >= 0.3 is 0 Å². The third-order valence-corrected chi connectivity index (χ3v) is 3.10. The number of hydrogen-bond acceptors (Lipinski definition) is 8. The van der Waals surface area contributed by atoms with E-state index in [1.54, 1.807) is 14.2 Å². The van der Waals surface area contributed by atoms with Gasteiger partial charge in [-0.25, -0.2) is 0 Å². The molecule has 8 nitrogen and oxygen atoms in total. The highest BCUT2D eigenvalue weighted by Crippen LogP contribution is 2.17. The standard InChI is InChI=1S/C13H24N6O2/c1-13(2,9-20-4)18-11-15-10(14-3)16-12(17-11)19-5-7-21-8-6-19/h5-9H2,1-4H3,(H2,14,15,16,17,18). The zero-order chi connectivity index (χ0) is 15.3. The quantitative estimate of drug-likeness (QED) is 0.789. The lowest BCUT2D eigenvalue weighted by Gasteiger charge is -2.28. The molecule has 0 amide bonds. The Hall–Kier alpha value is -1.67. The van der Waals surface area contributed by atoms with Gasteiger partial charge in [0.1, 0.15) is 0 Å². The van der Waals surface area contributed by atoms with Crippen molar-refractivity contribution in [3.8, 4) is 0 Å². The van der Waals surface area contributed by atoms with Crippen LogP contribution in [0, 0.1) is 0 Å². The summed E-state index contributed by atoms with van der Waals surface area (Å²) in [6.07, 6.45) is 0. The molecular weight excluding hydrogens is 272 g/mol. The predicted molar refractivity (Wildman–Crippen MR) is 82.0 cm³/mol. The largest absolute Gasteiger partial charge is 0.382 e. The van der Waals surface area contributed by atoms with Gasteiger partial charge in [-0.15, -0.1) is 0 Å². The lowest BCUT2D eigenvalue weighted by molar-refractivity contribution is 0.122. The molecule has 2 rings (SSSR count). The van der Waals surface area contributed by atoms with Gasteiger partial charge in [0.05, 0.1) is 25.4 Å². The molecule has 0 atom stereocenters. The Bertz CT molecular complexity index is 462. The molecule has 0 aliphatic carbocycles. The van der Waals surface area contributed by atoms with E-state index in [-0.39, 0.29) is 5.54 Å². The minimum absolute atomic E-state index is 0.261. The van der Waals surface area contributed by atoms with Gasteiger partial charge in [-0.3, -0.25) is 0 Å². The number of aromatic nitrogens is 3. The molecule has 118 valence electrons. The maximum absolute atomic E-state index is 5.36. The van der Waals surface area contributed by atoms with Crippen molar-refractivity contribution in [1.29, 1.82) is 0 Å². The molecule has 1 aliphatic heterocycles. The minimum Gasteiger partial charge on any atom is -0.382 e. The molecule has 21 heavy (non-hydrogen) atoms. The zero-order valence-electron chi connectivity index (χ0n) is 13.1. The van der Waals surface area contributed by atoms with E-state index < -0.39 is 0 Å². The van der Waals surface area contributed by atoms with Gasteiger partial charge in [0.2, 0.25) is 17.8 Å². The smallest absolute Gasteiger partial charge is 0.232 e. The third kappa shape index (κ3) is 4.40. The normalized spacial score (nSPS) is 15.9. The molecule has 2 N–H and O–H groups in total. The van der Waals surface area contributed by atoms with Crippen LogP contribution in [0.2, 0.25) is 0 Å². The second kappa shape index (κ2) is 6.86. The Labute approximate surface area is 125 Å². The van der Waals surface area contributed by atoms with E-state index in [1.165, 1.54) is 0 Å². The fourth-order valence-electron chi connectivity index (χ4n) is 2.14. The fraction of sp³-hybridized carbons (Fsp3) is 0.769. The number of nitrogens with one attached hydrogen (secondary N) is 2. The first-order chi connectivity index (χ1) is 10.0. The van der Waals surface area contributed by atoms with Crippen molar-refractivity contribution in [2.75, 3.05) is 62.6 Å². The molecular formula is C13H24N6O2. The summed E-state index contributed by atoms with van der Waals surface area (Å²) in [7, 11) is 3.47. The topological polar surface area (TPSA) is 84.4 Å². The summed E-state index contributed by atoms with van der Waals surface area (Å²) in [5, 5.41) is 6.26. The molecule has 2 heterocycles. The second-order valence-electron chi connectivity index (χ2n) is 5.57. The SMILES string of the molecule is CNc1nc(NC(C)(C)COC)nc(N2CCOCC2)n1. The fourth-order valence-corrected chi connectivity index (χ4v) is 2.14. The first-order valence-electron chi connectivity index (χ1n) is 7.08. The van der Waals surface area contributed by atoms with E-state index in [0.717, 1.165) is 13.1 Å². The van der Waals surface area contributed by atoms with Gasteiger partial charge in [-0.1, -0.05) is 0 Å². The van der Waals surface area contributed by atoms with E-state index in [9.17, 15) is 0 Å². The van der Waals surface area contributed by atoms with Crippen molar-refractivity contribution < 1.29 is 9.47 Å². The Morgan fingerprint density at radius 1 is 1.19 bits per heavy atom. The molecule has 0 aromatic carbocycles. The lowest BCUT2D eigenvalue weighted by atomic mass is 10.1. The average Bonchev–Trinajstić information content (AvgIpc) is 2.47. The van der Waals surface area contributed by atoms with Crippen molar-refractivity contribution in [3.05, 3.63) is 0 Å². The maximum Gasteiger partial charge on any atom is 0.232 e. The first-order valence-corrected chi connectivity index (χ1v) is 7.08. The van der Waals surface area contributed by atoms with Crippen LogP contribution in [-0.4, -0.2) is 67.6 Å². The van der Waals surface area contributed by atoms with Crippen LogP contribution < -0.4 is 15.5 Å². The van der Waals surface area contributed by atoms with Crippen molar-refractivity contribution in [1.82, 2.24) is 15.0 Å².